The van der Waals surface area contributed by atoms with Crippen LogP contribution in [0.25, 0.3) is 10.1 Å². The molecule has 0 unspecified atom stereocenters. The van der Waals surface area contributed by atoms with Crippen LogP contribution in [0.15, 0.2) is 22.0 Å². The van der Waals surface area contributed by atoms with Crippen molar-refractivity contribution in [3.63, 3.8) is 0 Å². The van der Waals surface area contributed by atoms with Crippen LogP contribution < -0.4 is 4.74 Å². The molecule has 0 fully saturated rings. The smallest absolute Gasteiger partial charge is 0.141 e. The minimum Gasteiger partial charge on any atom is -0.495 e. The van der Waals surface area contributed by atoms with Crippen molar-refractivity contribution in [2.45, 2.75) is 5.88 Å². The Labute approximate surface area is 99.8 Å². The third-order valence-corrected chi connectivity index (χ3v) is 4.32. The van der Waals surface area contributed by atoms with E-state index < -0.39 is 0 Å². The van der Waals surface area contributed by atoms with Gasteiger partial charge in [0.1, 0.15) is 5.75 Å². The van der Waals surface area contributed by atoms with Crippen LogP contribution in [-0.2, 0) is 5.88 Å². The monoisotopic (exact) mass is 290 g/mol. The average molecular weight is 292 g/mol. The first-order valence-corrected chi connectivity index (χ1v) is 6.27. The molecule has 1 aromatic heterocycles. The lowest BCUT2D eigenvalue weighted by Gasteiger charge is -2.06. The third-order valence-electron chi connectivity index (χ3n) is 2.08. The molecule has 1 nitrogen and oxygen atoms in total. The number of thiophene rings is 1. The van der Waals surface area contributed by atoms with Crippen LogP contribution in [0.5, 0.6) is 5.75 Å². The maximum atomic E-state index is 5.83. The molecule has 1 aromatic carbocycles. The van der Waals surface area contributed by atoms with E-state index in [0.717, 1.165) is 20.5 Å². The Morgan fingerprint density at radius 3 is 2.93 bits per heavy atom. The van der Waals surface area contributed by atoms with Gasteiger partial charge in [0.05, 0.1) is 17.7 Å². The molecule has 0 radical (unpaired) electrons. The predicted molar refractivity (Wildman–Crippen MR) is 65.6 cm³/mol. The normalized spacial score (nSPS) is 10.8. The average Bonchev–Trinajstić information content (AvgIpc) is 2.59. The summed E-state index contributed by atoms with van der Waals surface area (Å²) in [7, 11) is 1.68. The first-order chi connectivity index (χ1) is 6.77. The van der Waals surface area contributed by atoms with Crippen molar-refractivity contribution in [2.24, 2.45) is 0 Å². The van der Waals surface area contributed by atoms with Crippen molar-refractivity contribution in [3.05, 3.63) is 27.5 Å². The fourth-order valence-electron chi connectivity index (χ4n) is 1.41. The van der Waals surface area contributed by atoms with E-state index in [1.54, 1.807) is 18.4 Å². The SMILES string of the molecule is COc1c(CCl)ccc2c(Br)csc12. The Morgan fingerprint density at radius 1 is 1.50 bits per heavy atom. The van der Waals surface area contributed by atoms with Crippen LogP contribution in [0.3, 0.4) is 0 Å². The van der Waals surface area contributed by atoms with Crippen molar-refractivity contribution in [1.29, 1.82) is 0 Å². The summed E-state index contributed by atoms with van der Waals surface area (Å²) in [6, 6.07) is 4.07. The zero-order valence-corrected chi connectivity index (χ0v) is 10.7. The summed E-state index contributed by atoms with van der Waals surface area (Å²) in [6.07, 6.45) is 0. The van der Waals surface area contributed by atoms with Crippen LogP contribution >= 0.6 is 38.9 Å². The summed E-state index contributed by atoms with van der Waals surface area (Å²) < 4.78 is 7.63. The molecule has 14 heavy (non-hydrogen) atoms. The molecule has 4 heteroatoms. The molecule has 0 amide bonds. The lowest BCUT2D eigenvalue weighted by molar-refractivity contribution is 0.417. The molecule has 1 heterocycles. The quantitative estimate of drug-likeness (QED) is 0.745. The molecular weight excluding hydrogens is 284 g/mol. The minimum atomic E-state index is 0.481. The van der Waals surface area contributed by atoms with Gasteiger partial charge in [0, 0.05) is 20.8 Å². The maximum absolute atomic E-state index is 5.83. The van der Waals surface area contributed by atoms with E-state index in [2.05, 4.69) is 27.4 Å². The highest BCUT2D eigenvalue weighted by Crippen LogP contribution is 2.39. The Hall–Kier alpha value is -0.250. The molecule has 0 aliphatic heterocycles. The number of hydrogen-bond acceptors (Lipinski definition) is 2. The number of alkyl halides is 1. The Morgan fingerprint density at radius 2 is 2.29 bits per heavy atom. The Balaban J connectivity index is 2.77. The lowest BCUT2D eigenvalue weighted by atomic mass is 10.2. The van der Waals surface area contributed by atoms with E-state index in [1.165, 1.54) is 5.39 Å². The summed E-state index contributed by atoms with van der Waals surface area (Å²) in [4.78, 5) is 0. The number of hydrogen-bond donors (Lipinski definition) is 0. The van der Waals surface area contributed by atoms with Gasteiger partial charge < -0.3 is 4.74 Å². The third kappa shape index (κ3) is 1.53. The number of rotatable bonds is 2. The summed E-state index contributed by atoms with van der Waals surface area (Å²) in [6.45, 7) is 0. The number of halogens is 2. The van der Waals surface area contributed by atoms with Crippen molar-refractivity contribution in [1.82, 2.24) is 0 Å². The van der Waals surface area contributed by atoms with Gasteiger partial charge in [0.25, 0.3) is 0 Å². The first-order valence-electron chi connectivity index (χ1n) is 4.06. The standard InChI is InChI=1S/C10H8BrClOS/c1-13-9-6(4-12)2-3-7-8(11)5-14-10(7)9/h2-3,5H,4H2,1H3. The van der Waals surface area contributed by atoms with Crippen LogP contribution in [0, 0.1) is 0 Å². The van der Waals surface area contributed by atoms with Crippen molar-refractivity contribution >= 4 is 49.0 Å². The molecule has 0 aliphatic rings. The maximum Gasteiger partial charge on any atom is 0.141 e. The second-order valence-corrected chi connectivity index (χ2v) is 4.85. The van der Waals surface area contributed by atoms with Gasteiger partial charge in [-0.2, -0.15) is 0 Å². The molecule has 2 aromatic rings. The fourth-order valence-corrected chi connectivity index (χ4v) is 3.34. The first kappa shape index (κ1) is 10.3. The highest BCUT2D eigenvalue weighted by molar-refractivity contribution is 9.10. The molecular formula is C10H8BrClOS. The number of fused-ring (bicyclic) bond motifs is 1. The molecule has 0 bridgehead atoms. The minimum absolute atomic E-state index is 0.481. The number of benzene rings is 1. The second kappa shape index (κ2) is 4.09. The number of methoxy groups -OCH3 is 1. The van der Waals surface area contributed by atoms with Gasteiger partial charge in [-0.1, -0.05) is 12.1 Å². The number of ether oxygens (including phenoxy) is 1. The topological polar surface area (TPSA) is 9.23 Å². The van der Waals surface area contributed by atoms with Gasteiger partial charge in [-0.25, -0.2) is 0 Å². The molecule has 0 atom stereocenters. The van der Waals surface area contributed by atoms with Crippen molar-refractivity contribution < 1.29 is 4.74 Å². The van der Waals surface area contributed by atoms with Gasteiger partial charge in [0.15, 0.2) is 0 Å². The zero-order valence-electron chi connectivity index (χ0n) is 7.51. The molecule has 0 spiro atoms. The molecule has 0 saturated heterocycles. The van der Waals surface area contributed by atoms with E-state index in [1.807, 2.05) is 6.07 Å². The van der Waals surface area contributed by atoms with E-state index in [9.17, 15) is 0 Å². The predicted octanol–water partition coefficient (Wildman–Crippen LogP) is 4.41. The van der Waals surface area contributed by atoms with Crippen LogP contribution in [0.2, 0.25) is 0 Å². The lowest BCUT2D eigenvalue weighted by Crippen LogP contribution is -1.88. The molecule has 0 saturated carbocycles. The molecule has 0 N–H and O–H groups in total. The summed E-state index contributed by atoms with van der Waals surface area (Å²) >= 11 is 11.0. The Kier molecular flexibility index (Phi) is 3.00. The van der Waals surface area contributed by atoms with Gasteiger partial charge in [-0.15, -0.1) is 22.9 Å². The fraction of sp³-hybridized carbons (Fsp3) is 0.200. The van der Waals surface area contributed by atoms with E-state index in [4.69, 9.17) is 16.3 Å². The molecule has 2 rings (SSSR count). The van der Waals surface area contributed by atoms with Crippen LogP contribution in [-0.4, -0.2) is 7.11 Å². The van der Waals surface area contributed by atoms with Gasteiger partial charge in [-0.3, -0.25) is 0 Å². The Bertz CT molecular complexity index is 466. The molecule has 0 aliphatic carbocycles. The van der Waals surface area contributed by atoms with Crippen LogP contribution in [0.4, 0.5) is 0 Å². The van der Waals surface area contributed by atoms with E-state index in [-0.39, 0.29) is 0 Å². The van der Waals surface area contributed by atoms with Gasteiger partial charge in [-0.05, 0) is 15.9 Å². The van der Waals surface area contributed by atoms with Crippen molar-refractivity contribution in [3.8, 4) is 5.75 Å². The zero-order chi connectivity index (χ0) is 10.1. The van der Waals surface area contributed by atoms with Crippen molar-refractivity contribution in [2.75, 3.05) is 7.11 Å². The van der Waals surface area contributed by atoms with Gasteiger partial charge >= 0.3 is 0 Å². The van der Waals surface area contributed by atoms with Gasteiger partial charge in [0.2, 0.25) is 0 Å². The summed E-state index contributed by atoms with van der Waals surface area (Å²) in [5.41, 5.74) is 1.04. The summed E-state index contributed by atoms with van der Waals surface area (Å²) in [5, 5.41) is 3.24. The van der Waals surface area contributed by atoms with E-state index in [0.29, 0.717) is 5.88 Å². The highest BCUT2D eigenvalue weighted by Gasteiger charge is 2.10. The molecule has 74 valence electrons. The van der Waals surface area contributed by atoms with E-state index >= 15 is 0 Å². The summed E-state index contributed by atoms with van der Waals surface area (Å²) in [5.74, 6) is 1.38. The second-order valence-electron chi connectivity index (χ2n) is 2.85. The highest BCUT2D eigenvalue weighted by atomic mass is 79.9. The largest absolute Gasteiger partial charge is 0.495 e. The van der Waals surface area contributed by atoms with Crippen LogP contribution in [0.1, 0.15) is 5.56 Å².